The van der Waals surface area contributed by atoms with Crippen molar-refractivity contribution < 1.29 is 53.0 Å². The second-order valence-electron chi connectivity index (χ2n) is 9.76. The van der Waals surface area contributed by atoms with Gasteiger partial charge in [-0.05, 0) is 55.7 Å². The average Bonchev–Trinajstić information content (AvgIpc) is 3.05. The summed E-state index contributed by atoms with van der Waals surface area (Å²) >= 11 is 17.4. The standard InChI is InChI=1S/C14H9Cl2NO5.C14H20ClNO2.C3H8NO5P/c1-21-14(18)10-7-9(3-4-12(10)17(19)20)22-13-5-2-8(15)6-11(13)16;1-4-12-8-6-7-11(3)14(12)16(10-18-5-2)13(17)9-15;5-3(6)1-4-2-10(7,8)9/h2-7H,1H3;6-8H,4-5,9-10H2,1-3H3;4H,1-2H2,(H,5,6)(H2,7,8,9). The summed E-state index contributed by atoms with van der Waals surface area (Å²) in [5.74, 6) is -1.64. The van der Waals surface area contributed by atoms with Crippen molar-refractivity contribution in [3.05, 3.63) is 91.4 Å². The Morgan fingerprint density at radius 1 is 1.06 bits per heavy atom. The van der Waals surface area contributed by atoms with E-state index in [0.29, 0.717) is 17.4 Å². The molecule has 0 spiro atoms. The third kappa shape index (κ3) is 15.4. The number of anilines is 1. The molecule has 0 unspecified atom stereocenters. The number of carbonyl (C=O) groups is 3. The molecule has 3 rings (SSSR count). The van der Waals surface area contributed by atoms with Crippen molar-refractivity contribution in [1.82, 2.24) is 5.32 Å². The number of nitro benzene ring substituents is 1. The van der Waals surface area contributed by atoms with Gasteiger partial charge in [0, 0.05) is 23.8 Å². The Kier molecular flexibility index (Phi) is 19.6. The molecule has 4 N–H and O–H groups in total. The fraction of sp³-hybridized carbons (Fsp3) is 0.323. The molecule has 0 atom stereocenters. The number of methoxy groups -OCH3 is 1. The van der Waals surface area contributed by atoms with Gasteiger partial charge in [0.1, 0.15) is 29.7 Å². The van der Waals surface area contributed by atoms with Crippen molar-refractivity contribution in [2.45, 2.75) is 27.2 Å². The Bertz CT molecular complexity index is 1670. The summed E-state index contributed by atoms with van der Waals surface area (Å²) in [5, 5.41) is 21.7. The van der Waals surface area contributed by atoms with Crippen molar-refractivity contribution in [2.75, 3.05) is 44.1 Å². The predicted octanol–water partition coefficient (Wildman–Crippen LogP) is 6.40. The van der Waals surface area contributed by atoms with Gasteiger partial charge in [0.2, 0.25) is 5.91 Å². The number of benzene rings is 3. The molecule has 0 fully saturated rings. The van der Waals surface area contributed by atoms with E-state index in [1.807, 2.05) is 32.0 Å². The van der Waals surface area contributed by atoms with E-state index in [4.69, 9.17) is 59.2 Å². The highest BCUT2D eigenvalue weighted by atomic mass is 35.5. The minimum absolute atomic E-state index is 0.0371. The van der Waals surface area contributed by atoms with Crippen LogP contribution >= 0.6 is 42.4 Å². The molecule has 15 nitrogen and oxygen atoms in total. The number of ether oxygens (including phenoxy) is 3. The largest absolute Gasteiger partial charge is 0.480 e. The van der Waals surface area contributed by atoms with Crippen molar-refractivity contribution in [2.24, 2.45) is 0 Å². The van der Waals surface area contributed by atoms with Crippen LogP contribution in [0.25, 0.3) is 0 Å². The zero-order valence-corrected chi connectivity index (χ0v) is 30.6. The quantitative estimate of drug-likeness (QED) is 0.0348. The summed E-state index contributed by atoms with van der Waals surface area (Å²) in [6, 6.07) is 14.4. The maximum Gasteiger partial charge on any atom is 0.345 e. The topological polar surface area (TPSA) is 215 Å². The smallest absolute Gasteiger partial charge is 0.345 e. The van der Waals surface area contributed by atoms with E-state index < -0.39 is 37.3 Å². The van der Waals surface area contributed by atoms with Gasteiger partial charge < -0.3 is 29.1 Å². The summed E-state index contributed by atoms with van der Waals surface area (Å²) in [6.45, 7) is 6.35. The van der Waals surface area contributed by atoms with Crippen molar-refractivity contribution >= 4 is 71.6 Å². The number of halogens is 3. The van der Waals surface area contributed by atoms with Crippen LogP contribution in [0.15, 0.2) is 54.6 Å². The van der Waals surface area contributed by atoms with Crippen molar-refractivity contribution in [1.29, 1.82) is 0 Å². The first kappa shape index (κ1) is 44.2. The number of carboxylic acids is 1. The molecule has 19 heteroatoms. The van der Waals surface area contributed by atoms with Gasteiger partial charge in [-0.1, -0.05) is 48.3 Å². The van der Waals surface area contributed by atoms with Crippen molar-refractivity contribution in [3.8, 4) is 11.5 Å². The van der Waals surface area contributed by atoms with E-state index in [1.165, 1.54) is 18.2 Å². The molecular weight excluding hydrogens is 744 g/mol. The monoisotopic (exact) mass is 779 g/mol. The van der Waals surface area contributed by atoms with Crippen LogP contribution in [-0.2, 0) is 30.0 Å². The fourth-order valence-electron chi connectivity index (χ4n) is 3.91. The lowest BCUT2D eigenvalue weighted by Crippen LogP contribution is -2.35. The van der Waals surface area contributed by atoms with Gasteiger partial charge in [0.25, 0.3) is 5.69 Å². The Hall–Kier alpha value is -3.79. The summed E-state index contributed by atoms with van der Waals surface area (Å²) in [7, 11) is -2.96. The molecule has 0 aliphatic rings. The first-order chi connectivity index (χ1) is 23.5. The number of alkyl halides is 1. The lowest BCUT2D eigenvalue weighted by molar-refractivity contribution is -0.385. The second-order valence-corrected chi connectivity index (χ2v) is 12.5. The SMILES string of the molecule is CCOCN(C(=O)CCl)c1c(C)cccc1CC.COC(=O)c1cc(Oc2ccc(Cl)cc2Cl)ccc1[N+](=O)[O-].O=C(O)CNCP(=O)(O)O. The van der Waals surface area contributed by atoms with Gasteiger partial charge in [0.05, 0.1) is 35.6 Å². The minimum atomic E-state index is -4.10. The summed E-state index contributed by atoms with van der Waals surface area (Å²) < 4.78 is 25.5. The van der Waals surface area contributed by atoms with Crippen LogP contribution in [0.4, 0.5) is 11.4 Å². The number of nitrogens with zero attached hydrogens (tertiary/aromatic N) is 2. The molecule has 1 amide bonds. The van der Waals surface area contributed by atoms with E-state index in [-0.39, 0.29) is 40.5 Å². The highest BCUT2D eigenvalue weighted by Gasteiger charge is 2.22. The van der Waals surface area contributed by atoms with E-state index in [2.05, 4.69) is 17.0 Å². The number of hydrogen-bond acceptors (Lipinski definition) is 10. The molecule has 0 saturated carbocycles. The molecule has 0 bridgehead atoms. The van der Waals surface area contributed by atoms with E-state index >= 15 is 0 Å². The van der Waals surface area contributed by atoms with Crippen LogP contribution in [0.3, 0.4) is 0 Å². The number of para-hydroxylation sites is 1. The summed E-state index contributed by atoms with van der Waals surface area (Å²) in [4.78, 5) is 61.6. The molecule has 0 aromatic heterocycles. The molecule has 0 aliphatic carbocycles. The maximum atomic E-state index is 12.0. The van der Waals surface area contributed by atoms with Gasteiger partial charge in [-0.15, -0.1) is 11.6 Å². The number of carboxylic acid groups (broad SMARTS) is 1. The number of aryl methyl sites for hydroxylation is 2. The van der Waals surface area contributed by atoms with E-state index in [0.717, 1.165) is 36.4 Å². The lowest BCUT2D eigenvalue weighted by Gasteiger charge is -2.25. The van der Waals surface area contributed by atoms with E-state index in [1.54, 1.807) is 17.0 Å². The van der Waals surface area contributed by atoms with Crippen LogP contribution in [0, 0.1) is 17.0 Å². The van der Waals surface area contributed by atoms with Gasteiger partial charge in [-0.3, -0.25) is 34.5 Å². The third-order valence-electron chi connectivity index (χ3n) is 6.10. The first-order valence-electron chi connectivity index (χ1n) is 14.5. The second kappa shape index (κ2) is 22.1. The van der Waals surface area contributed by atoms with Gasteiger partial charge in [-0.25, -0.2) is 4.79 Å². The number of amides is 1. The van der Waals surface area contributed by atoms with Crippen LogP contribution in [0.2, 0.25) is 10.0 Å². The Labute approximate surface area is 303 Å². The Balaban J connectivity index is 0.000000402. The number of carbonyl (C=O) groups excluding carboxylic acids is 2. The van der Waals surface area contributed by atoms with Crippen LogP contribution < -0.4 is 15.0 Å². The molecule has 0 radical (unpaired) electrons. The van der Waals surface area contributed by atoms with Crippen LogP contribution in [0.1, 0.15) is 35.3 Å². The molecule has 50 heavy (non-hydrogen) atoms. The summed E-state index contributed by atoms with van der Waals surface area (Å²) in [6.07, 6.45) is 0.272. The molecule has 3 aromatic rings. The molecule has 274 valence electrons. The Morgan fingerprint density at radius 3 is 2.26 bits per heavy atom. The average molecular weight is 781 g/mol. The van der Waals surface area contributed by atoms with E-state index in [9.17, 15) is 29.1 Å². The summed E-state index contributed by atoms with van der Waals surface area (Å²) in [5.41, 5.74) is 2.54. The van der Waals surface area contributed by atoms with Crippen LogP contribution in [-0.4, -0.2) is 76.8 Å². The molecule has 0 aliphatic heterocycles. The fourth-order valence-corrected chi connectivity index (χ4v) is 4.91. The number of aliphatic carboxylic acids is 1. The first-order valence-corrected chi connectivity index (χ1v) is 17.6. The molecule has 3 aromatic carbocycles. The number of hydrogen-bond donors (Lipinski definition) is 4. The maximum absolute atomic E-state index is 12.0. The normalized spacial score (nSPS) is 10.5. The number of nitrogens with one attached hydrogen (secondary N) is 1. The molecule has 0 heterocycles. The Morgan fingerprint density at radius 2 is 1.74 bits per heavy atom. The zero-order valence-electron chi connectivity index (χ0n) is 27.4. The molecular formula is C31H37Cl3N3O12P. The van der Waals surface area contributed by atoms with Gasteiger partial charge in [0.15, 0.2) is 0 Å². The number of rotatable bonds is 14. The minimum Gasteiger partial charge on any atom is -0.480 e. The van der Waals surface area contributed by atoms with Gasteiger partial charge >= 0.3 is 19.5 Å². The number of nitro groups is 1. The highest BCUT2D eigenvalue weighted by Crippen LogP contribution is 2.34. The van der Waals surface area contributed by atoms with Crippen LogP contribution in [0.5, 0.6) is 11.5 Å². The number of esters is 1. The molecule has 0 saturated heterocycles. The zero-order chi connectivity index (χ0) is 38.0. The van der Waals surface area contributed by atoms with Crippen molar-refractivity contribution in [3.63, 3.8) is 0 Å². The third-order valence-corrected chi connectivity index (χ3v) is 7.49. The predicted molar refractivity (Wildman–Crippen MR) is 189 cm³/mol. The lowest BCUT2D eigenvalue weighted by atomic mass is 10.0. The highest BCUT2D eigenvalue weighted by molar-refractivity contribution is 7.51. The van der Waals surface area contributed by atoms with Gasteiger partial charge in [-0.2, -0.15) is 0 Å².